The van der Waals surface area contributed by atoms with E-state index in [4.69, 9.17) is 4.74 Å². The third-order valence-electron chi connectivity index (χ3n) is 5.24. The van der Waals surface area contributed by atoms with Crippen molar-refractivity contribution in [2.75, 3.05) is 10.6 Å². The molecule has 3 heterocycles. The number of fused-ring (bicyclic) bond motifs is 1. The second-order valence-corrected chi connectivity index (χ2v) is 7.89. The summed E-state index contributed by atoms with van der Waals surface area (Å²) in [5.41, 5.74) is 2.71. The number of carbonyl (C=O) groups excluding carboxylic acids is 2. The third kappa shape index (κ3) is 5.56. The third-order valence-corrected chi connectivity index (χ3v) is 5.24. The van der Waals surface area contributed by atoms with Gasteiger partial charge in [-0.15, -0.1) is 0 Å². The van der Waals surface area contributed by atoms with Crippen molar-refractivity contribution in [1.29, 1.82) is 0 Å². The largest absolute Gasteiger partial charge is 0.434 e. The topological polar surface area (TPSA) is 111 Å². The molecule has 0 atom stereocenters. The second kappa shape index (κ2) is 10.2. The van der Waals surface area contributed by atoms with Crippen LogP contribution in [0.3, 0.4) is 0 Å². The Hall–Kier alpha value is -5.19. The Kier molecular flexibility index (Phi) is 6.49. The number of carbonyl (C=O) groups is 2. The lowest BCUT2D eigenvalue weighted by molar-refractivity contribution is -0.123. The summed E-state index contributed by atoms with van der Waals surface area (Å²) in [6.45, 7) is 0. The number of nitrogens with one attached hydrogen (secondary N) is 2. The minimum Gasteiger partial charge on any atom is -0.434 e. The van der Waals surface area contributed by atoms with Crippen LogP contribution >= 0.6 is 0 Å². The van der Waals surface area contributed by atoms with Gasteiger partial charge in [0.05, 0.1) is 0 Å². The van der Waals surface area contributed by atoms with Gasteiger partial charge in [-0.2, -0.15) is 10.1 Å². The molecular formula is C26H18F2N6O3. The van der Waals surface area contributed by atoms with Crippen LogP contribution in [0.15, 0.2) is 85.6 Å². The fraction of sp³-hybridized carbons (Fsp3) is 0.0385. The van der Waals surface area contributed by atoms with E-state index >= 15 is 0 Å². The molecule has 184 valence electrons. The first-order chi connectivity index (χ1) is 17.9. The van der Waals surface area contributed by atoms with Crippen LogP contribution in [0.1, 0.15) is 6.42 Å². The van der Waals surface area contributed by atoms with Gasteiger partial charge >= 0.3 is 0 Å². The minimum absolute atomic E-state index is 0.114. The van der Waals surface area contributed by atoms with Crippen molar-refractivity contribution in [3.05, 3.63) is 97.2 Å². The van der Waals surface area contributed by atoms with Crippen LogP contribution < -0.4 is 15.4 Å². The molecule has 5 rings (SSSR count). The smallest absolute Gasteiger partial charge is 0.247 e. The van der Waals surface area contributed by atoms with Crippen molar-refractivity contribution < 1.29 is 23.1 Å². The van der Waals surface area contributed by atoms with Crippen LogP contribution in [-0.2, 0) is 9.59 Å². The van der Waals surface area contributed by atoms with Crippen molar-refractivity contribution in [3.63, 3.8) is 0 Å². The van der Waals surface area contributed by atoms with E-state index in [9.17, 15) is 18.4 Å². The molecule has 0 radical (unpaired) electrons. The zero-order chi connectivity index (χ0) is 25.8. The van der Waals surface area contributed by atoms with Gasteiger partial charge in [0.2, 0.25) is 17.7 Å². The molecule has 11 heteroatoms. The Labute approximate surface area is 208 Å². The lowest BCUT2D eigenvalue weighted by Gasteiger charge is -2.10. The molecule has 9 nitrogen and oxygen atoms in total. The summed E-state index contributed by atoms with van der Waals surface area (Å²) in [5, 5.41) is 9.11. The molecule has 0 spiro atoms. The Morgan fingerprint density at radius 2 is 1.68 bits per heavy atom. The number of hydrogen-bond acceptors (Lipinski definition) is 6. The number of benzene rings is 2. The first-order valence-corrected chi connectivity index (χ1v) is 11.0. The van der Waals surface area contributed by atoms with E-state index in [2.05, 4.69) is 25.7 Å². The van der Waals surface area contributed by atoms with Crippen LogP contribution in [0.4, 0.5) is 20.2 Å². The maximum Gasteiger partial charge on any atom is 0.247 e. The van der Waals surface area contributed by atoms with Crippen molar-refractivity contribution in [2.45, 2.75) is 6.42 Å². The molecule has 2 N–H and O–H groups in total. The summed E-state index contributed by atoms with van der Waals surface area (Å²) in [4.78, 5) is 32.5. The van der Waals surface area contributed by atoms with Gasteiger partial charge in [-0.05, 0) is 48.5 Å². The average molecular weight is 500 g/mol. The molecule has 37 heavy (non-hydrogen) atoms. The van der Waals surface area contributed by atoms with E-state index in [1.54, 1.807) is 29.2 Å². The summed E-state index contributed by atoms with van der Waals surface area (Å²) >= 11 is 0. The van der Waals surface area contributed by atoms with Gasteiger partial charge in [-0.25, -0.2) is 13.3 Å². The highest BCUT2D eigenvalue weighted by Gasteiger charge is 2.15. The van der Waals surface area contributed by atoms with Crippen LogP contribution in [-0.4, -0.2) is 31.4 Å². The molecule has 0 fully saturated rings. The Balaban J connectivity index is 1.25. The van der Waals surface area contributed by atoms with Crippen LogP contribution in [0.2, 0.25) is 0 Å². The highest BCUT2D eigenvalue weighted by atomic mass is 19.1. The standard InChI is InChI=1S/C26H18F2N6O3/c27-18-3-5-19(6-4-18)32-24(35)12-25(36)33-20-7-8-23(21(28)11-20)37-26-22-10-17(14-34(22)31-15-30-26)16-2-1-9-29-13-16/h1-11,13-15H,12H2,(H,32,35)(H,33,36). The van der Waals surface area contributed by atoms with Crippen molar-refractivity contribution >= 4 is 28.7 Å². The summed E-state index contributed by atoms with van der Waals surface area (Å²) in [6, 6.07) is 14.5. The van der Waals surface area contributed by atoms with Crippen molar-refractivity contribution in [2.24, 2.45) is 0 Å². The minimum atomic E-state index is -0.746. The predicted molar refractivity (Wildman–Crippen MR) is 131 cm³/mol. The molecule has 0 unspecified atom stereocenters. The number of pyridine rings is 1. The van der Waals surface area contributed by atoms with Gasteiger partial charge in [0.25, 0.3) is 0 Å². The summed E-state index contributed by atoms with van der Waals surface area (Å²) in [7, 11) is 0. The van der Waals surface area contributed by atoms with Crippen LogP contribution in [0.25, 0.3) is 16.6 Å². The zero-order valence-electron chi connectivity index (χ0n) is 19.1. The van der Waals surface area contributed by atoms with Gasteiger partial charge in [-0.1, -0.05) is 6.07 Å². The predicted octanol–water partition coefficient (Wildman–Crippen LogP) is 4.83. The summed E-state index contributed by atoms with van der Waals surface area (Å²) < 4.78 is 35.0. The number of rotatable bonds is 7. The van der Waals surface area contributed by atoms with Gasteiger partial charge in [0, 0.05) is 47.2 Å². The molecule has 0 aliphatic heterocycles. The zero-order valence-corrected chi connectivity index (χ0v) is 19.1. The van der Waals surface area contributed by atoms with Gasteiger partial charge in [0.1, 0.15) is 24.1 Å². The van der Waals surface area contributed by atoms with E-state index < -0.39 is 29.9 Å². The molecule has 0 saturated heterocycles. The van der Waals surface area contributed by atoms with Crippen molar-refractivity contribution in [1.82, 2.24) is 19.6 Å². The number of nitrogens with zero attached hydrogens (tertiary/aromatic N) is 4. The van der Waals surface area contributed by atoms with Gasteiger partial charge < -0.3 is 15.4 Å². The second-order valence-electron chi connectivity index (χ2n) is 7.89. The quantitative estimate of drug-likeness (QED) is 0.310. The fourth-order valence-corrected chi connectivity index (χ4v) is 3.53. The number of anilines is 2. The SMILES string of the molecule is O=C(CC(=O)Nc1ccc(Oc2ncnn3cc(-c4cccnc4)cc23)c(F)c1)Nc1ccc(F)cc1. The molecule has 0 saturated carbocycles. The summed E-state index contributed by atoms with van der Waals surface area (Å²) in [6.07, 6.45) is 5.94. The Bertz CT molecular complexity index is 1590. The van der Waals surface area contributed by atoms with Gasteiger partial charge in [0.15, 0.2) is 11.6 Å². The van der Waals surface area contributed by atoms with Gasteiger partial charge in [-0.3, -0.25) is 14.6 Å². The number of hydrogen-bond donors (Lipinski definition) is 2. The molecular weight excluding hydrogens is 482 g/mol. The lowest BCUT2D eigenvalue weighted by atomic mass is 10.1. The normalized spacial score (nSPS) is 10.8. The molecule has 5 aromatic rings. The number of aromatic nitrogens is 4. The van der Waals surface area contributed by atoms with Crippen molar-refractivity contribution in [3.8, 4) is 22.8 Å². The Morgan fingerprint density at radius 3 is 2.41 bits per heavy atom. The molecule has 0 bridgehead atoms. The molecule has 2 aromatic carbocycles. The van der Waals surface area contributed by atoms with E-state index in [0.29, 0.717) is 11.2 Å². The average Bonchev–Trinajstić information content (AvgIpc) is 3.33. The van der Waals surface area contributed by atoms with E-state index in [0.717, 1.165) is 17.2 Å². The van der Waals surface area contributed by atoms with E-state index in [1.165, 1.54) is 42.7 Å². The number of ether oxygens (including phenoxy) is 1. The Morgan fingerprint density at radius 1 is 0.919 bits per heavy atom. The highest BCUT2D eigenvalue weighted by molar-refractivity contribution is 6.08. The van der Waals surface area contributed by atoms with E-state index in [1.807, 2.05) is 12.1 Å². The maximum atomic E-state index is 14.8. The molecule has 0 aliphatic carbocycles. The first kappa shape index (κ1) is 23.5. The first-order valence-electron chi connectivity index (χ1n) is 11.0. The number of amides is 2. The monoisotopic (exact) mass is 500 g/mol. The number of halogens is 2. The molecule has 3 aromatic heterocycles. The maximum absolute atomic E-state index is 14.8. The molecule has 0 aliphatic rings. The van der Waals surface area contributed by atoms with E-state index in [-0.39, 0.29) is 17.3 Å². The van der Waals surface area contributed by atoms with Crippen LogP contribution in [0, 0.1) is 11.6 Å². The highest BCUT2D eigenvalue weighted by Crippen LogP contribution is 2.30. The molecule has 2 amide bonds. The lowest BCUT2D eigenvalue weighted by Crippen LogP contribution is -2.21. The fourth-order valence-electron chi connectivity index (χ4n) is 3.53. The van der Waals surface area contributed by atoms with Crippen LogP contribution in [0.5, 0.6) is 11.6 Å². The summed E-state index contributed by atoms with van der Waals surface area (Å²) in [5.74, 6) is -2.42.